The Kier molecular flexibility index (Phi) is 3.93. The molecular weight excluding hydrogens is 268 g/mol. The van der Waals surface area contributed by atoms with Crippen LogP contribution in [0.5, 0.6) is 0 Å². The predicted molar refractivity (Wildman–Crippen MR) is 75.9 cm³/mol. The Morgan fingerprint density at radius 2 is 2.17 bits per heavy atom. The quantitative estimate of drug-likeness (QED) is 0.690. The summed E-state index contributed by atoms with van der Waals surface area (Å²) in [5.74, 6) is 1.03. The Balaban J connectivity index is 2.38. The highest BCUT2D eigenvalue weighted by atomic mass is 35.5. The smallest absolute Gasteiger partial charge is 0.216 e. The van der Waals surface area contributed by atoms with Crippen LogP contribution in [0.2, 0.25) is 5.02 Å². The van der Waals surface area contributed by atoms with Crippen molar-refractivity contribution in [2.75, 3.05) is 0 Å². The number of aromatic amines is 1. The van der Waals surface area contributed by atoms with Crippen LogP contribution in [-0.2, 0) is 0 Å². The minimum Gasteiger partial charge on any atom is -0.250 e. The molecule has 0 fully saturated rings. The summed E-state index contributed by atoms with van der Waals surface area (Å²) in [4.78, 5) is 0. The first-order valence-electron chi connectivity index (χ1n) is 5.56. The maximum Gasteiger partial charge on any atom is 0.216 e. The summed E-state index contributed by atoms with van der Waals surface area (Å²) < 4.78 is 2.09. The van der Waals surface area contributed by atoms with E-state index in [0.29, 0.717) is 9.79 Å². The van der Waals surface area contributed by atoms with Crippen LogP contribution in [0.25, 0.3) is 0 Å². The van der Waals surface area contributed by atoms with Crippen LogP contribution in [0.3, 0.4) is 0 Å². The van der Waals surface area contributed by atoms with Crippen molar-refractivity contribution in [1.29, 1.82) is 0 Å². The van der Waals surface area contributed by atoms with Crippen LogP contribution in [0.15, 0.2) is 29.4 Å². The first-order chi connectivity index (χ1) is 8.59. The summed E-state index contributed by atoms with van der Waals surface area (Å²) >= 11 is 11.2. The van der Waals surface area contributed by atoms with Crippen molar-refractivity contribution in [1.82, 2.24) is 14.9 Å². The van der Waals surface area contributed by atoms with E-state index in [1.807, 2.05) is 38.1 Å². The summed E-state index contributed by atoms with van der Waals surface area (Å²) in [7, 11) is 0. The molecule has 0 bridgehead atoms. The van der Waals surface area contributed by atoms with E-state index in [4.69, 9.17) is 23.8 Å². The predicted octanol–water partition coefficient (Wildman–Crippen LogP) is 3.60. The normalized spacial score (nSPS) is 11.6. The highest BCUT2D eigenvalue weighted by Crippen LogP contribution is 2.14. The third-order valence-corrected chi connectivity index (χ3v) is 3.02. The molecule has 1 N–H and O–H groups in total. The van der Waals surface area contributed by atoms with Crippen molar-refractivity contribution in [2.45, 2.75) is 19.8 Å². The Bertz CT molecular complexity index is 627. The van der Waals surface area contributed by atoms with Gasteiger partial charge < -0.3 is 0 Å². The molecule has 0 aliphatic carbocycles. The number of rotatable bonds is 3. The van der Waals surface area contributed by atoms with E-state index in [2.05, 4.69) is 15.3 Å². The van der Waals surface area contributed by atoms with Crippen LogP contribution in [0.1, 0.15) is 31.2 Å². The molecule has 0 saturated carbocycles. The Morgan fingerprint density at radius 1 is 1.44 bits per heavy atom. The van der Waals surface area contributed by atoms with Crippen LogP contribution in [0, 0.1) is 4.77 Å². The van der Waals surface area contributed by atoms with Gasteiger partial charge in [-0.2, -0.15) is 14.9 Å². The maximum atomic E-state index is 6.06. The van der Waals surface area contributed by atoms with E-state index in [-0.39, 0.29) is 5.92 Å². The molecule has 0 saturated heterocycles. The number of halogens is 1. The lowest BCUT2D eigenvalue weighted by Crippen LogP contribution is -2.01. The molecule has 2 rings (SSSR count). The van der Waals surface area contributed by atoms with E-state index in [9.17, 15) is 0 Å². The van der Waals surface area contributed by atoms with Crippen molar-refractivity contribution in [3.05, 3.63) is 45.4 Å². The summed E-state index contributed by atoms with van der Waals surface area (Å²) in [5, 5.41) is 11.9. The fourth-order valence-corrected chi connectivity index (χ4v) is 1.86. The van der Waals surface area contributed by atoms with E-state index in [0.717, 1.165) is 11.4 Å². The first-order valence-corrected chi connectivity index (χ1v) is 6.34. The molecule has 94 valence electrons. The van der Waals surface area contributed by atoms with Gasteiger partial charge in [0.1, 0.15) is 0 Å². The van der Waals surface area contributed by atoms with Gasteiger partial charge >= 0.3 is 0 Å². The van der Waals surface area contributed by atoms with Crippen molar-refractivity contribution in [2.24, 2.45) is 5.10 Å². The molecule has 0 aliphatic heterocycles. The monoisotopic (exact) mass is 280 g/mol. The van der Waals surface area contributed by atoms with Gasteiger partial charge in [0.15, 0.2) is 5.82 Å². The van der Waals surface area contributed by atoms with Gasteiger partial charge in [0, 0.05) is 16.5 Å². The second kappa shape index (κ2) is 5.46. The number of aromatic nitrogens is 3. The Hall–Kier alpha value is -1.46. The molecule has 1 aromatic heterocycles. The average Bonchev–Trinajstić information content (AvgIpc) is 2.70. The van der Waals surface area contributed by atoms with Crippen molar-refractivity contribution in [3.63, 3.8) is 0 Å². The van der Waals surface area contributed by atoms with Crippen molar-refractivity contribution < 1.29 is 0 Å². The summed E-state index contributed by atoms with van der Waals surface area (Å²) in [6.07, 6.45) is 1.68. The zero-order valence-corrected chi connectivity index (χ0v) is 11.7. The largest absolute Gasteiger partial charge is 0.250 e. The topological polar surface area (TPSA) is 46.0 Å². The molecule has 0 amide bonds. The van der Waals surface area contributed by atoms with Gasteiger partial charge in [-0.1, -0.05) is 43.6 Å². The molecule has 0 unspecified atom stereocenters. The molecular formula is C12H13ClN4S. The number of benzene rings is 1. The fraction of sp³-hybridized carbons (Fsp3) is 0.250. The van der Waals surface area contributed by atoms with Crippen LogP contribution >= 0.6 is 23.8 Å². The molecule has 0 radical (unpaired) electrons. The van der Waals surface area contributed by atoms with Crippen LogP contribution in [-0.4, -0.2) is 21.1 Å². The zero-order chi connectivity index (χ0) is 13.1. The number of hydrogen-bond acceptors (Lipinski definition) is 3. The minimum absolute atomic E-state index is 0.237. The fourth-order valence-electron chi connectivity index (χ4n) is 1.49. The van der Waals surface area contributed by atoms with Gasteiger partial charge in [0.25, 0.3) is 0 Å². The van der Waals surface area contributed by atoms with Crippen LogP contribution in [0.4, 0.5) is 0 Å². The van der Waals surface area contributed by atoms with Gasteiger partial charge in [-0.05, 0) is 18.3 Å². The molecule has 0 aliphatic rings. The average molecular weight is 281 g/mol. The second-order valence-electron chi connectivity index (χ2n) is 4.12. The second-order valence-corrected chi connectivity index (χ2v) is 4.91. The number of H-pyrrole nitrogens is 1. The summed E-state index contributed by atoms with van der Waals surface area (Å²) in [6, 6.07) is 7.50. The first kappa shape index (κ1) is 13.0. The van der Waals surface area contributed by atoms with Crippen molar-refractivity contribution >= 4 is 30.0 Å². The zero-order valence-electron chi connectivity index (χ0n) is 10.1. The lowest BCUT2D eigenvalue weighted by molar-refractivity contribution is 0.695. The molecule has 18 heavy (non-hydrogen) atoms. The molecule has 4 nitrogen and oxygen atoms in total. The standard InChI is InChI=1S/C12H13ClN4S/c1-8(2)11-15-16-12(18)17(11)14-7-9-5-3-4-6-10(9)13/h3-8H,1-2H3,(H,16,18)/b14-7+. The van der Waals surface area contributed by atoms with Gasteiger partial charge in [0.2, 0.25) is 4.77 Å². The van der Waals surface area contributed by atoms with Gasteiger partial charge in [-0.15, -0.1) is 0 Å². The van der Waals surface area contributed by atoms with E-state index in [1.165, 1.54) is 0 Å². The third-order valence-electron chi connectivity index (χ3n) is 2.41. The molecule has 6 heteroatoms. The summed E-state index contributed by atoms with van der Waals surface area (Å²) in [6.45, 7) is 4.07. The van der Waals surface area contributed by atoms with Crippen LogP contribution < -0.4 is 0 Å². The Morgan fingerprint density at radius 3 is 2.83 bits per heavy atom. The SMILES string of the molecule is CC(C)c1n[nH]c(=S)n1/N=C/c1ccccc1Cl. The van der Waals surface area contributed by atoms with E-state index in [1.54, 1.807) is 10.9 Å². The van der Waals surface area contributed by atoms with E-state index >= 15 is 0 Å². The molecule has 2 aromatic rings. The highest BCUT2D eigenvalue weighted by Gasteiger charge is 2.08. The lowest BCUT2D eigenvalue weighted by Gasteiger charge is -2.03. The van der Waals surface area contributed by atoms with Gasteiger partial charge in [-0.25, -0.2) is 0 Å². The maximum absolute atomic E-state index is 6.06. The molecule has 1 aromatic carbocycles. The number of nitrogens with one attached hydrogen (secondary N) is 1. The van der Waals surface area contributed by atoms with E-state index < -0.39 is 0 Å². The minimum atomic E-state index is 0.237. The van der Waals surface area contributed by atoms with Gasteiger partial charge in [-0.3, -0.25) is 5.10 Å². The van der Waals surface area contributed by atoms with Gasteiger partial charge in [0.05, 0.1) is 6.21 Å². The molecule has 0 spiro atoms. The summed E-state index contributed by atoms with van der Waals surface area (Å²) in [5.41, 5.74) is 0.844. The molecule has 0 atom stereocenters. The highest BCUT2D eigenvalue weighted by molar-refractivity contribution is 7.71. The number of hydrogen-bond donors (Lipinski definition) is 1. The molecule has 1 heterocycles. The van der Waals surface area contributed by atoms with Crippen molar-refractivity contribution in [3.8, 4) is 0 Å². The third kappa shape index (κ3) is 2.68. The Labute approximate surface area is 115 Å². The lowest BCUT2D eigenvalue weighted by atomic mass is 10.2. The number of nitrogens with zero attached hydrogens (tertiary/aromatic N) is 3.